The van der Waals surface area contributed by atoms with E-state index in [9.17, 15) is 26.4 Å². The van der Waals surface area contributed by atoms with Crippen LogP contribution in [0.1, 0.15) is 10.4 Å². The molecule has 10 heteroatoms. The molecule has 2 rings (SSSR count). The van der Waals surface area contributed by atoms with Crippen LogP contribution in [0.4, 0.5) is 18.9 Å². The number of carbonyl (C=O) groups is 1. The number of rotatable bonds is 6. The van der Waals surface area contributed by atoms with Crippen LogP contribution in [0.3, 0.4) is 0 Å². The van der Waals surface area contributed by atoms with Crippen molar-refractivity contribution < 1.29 is 26.4 Å². The van der Waals surface area contributed by atoms with Gasteiger partial charge in [-0.2, -0.15) is 13.2 Å². The number of hydrogen-bond donors (Lipinski definition) is 1. The maximum Gasteiger partial charge on any atom is 0.503 e. The third-order valence-corrected chi connectivity index (χ3v) is 4.95. The van der Waals surface area contributed by atoms with Crippen LogP contribution in [-0.4, -0.2) is 45.0 Å². The fourth-order valence-electron chi connectivity index (χ4n) is 2.13. The number of sulfone groups is 1. The quantitative estimate of drug-likeness (QED) is 0.822. The lowest BCUT2D eigenvalue weighted by atomic mass is 10.2. The van der Waals surface area contributed by atoms with Gasteiger partial charge < -0.3 is 10.2 Å². The van der Waals surface area contributed by atoms with Crippen LogP contribution in [0.15, 0.2) is 53.7 Å². The minimum atomic E-state index is -5.72. The Morgan fingerprint density at radius 3 is 2.42 bits per heavy atom. The number of alkyl halides is 3. The largest absolute Gasteiger partial charge is 0.503 e. The van der Waals surface area contributed by atoms with Crippen molar-refractivity contribution in [3.8, 4) is 0 Å². The second-order valence-electron chi connectivity index (χ2n) is 5.32. The van der Waals surface area contributed by atoms with Crippen molar-refractivity contribution in [2.24, 2.45) is 0 Å². The topological polar surface area (TPSA) is 79.4 Å². The van der Waals surface area contributed by atoms with Gasteiger partial charge in [0.25, 0.3) is 15.7 Å². The molecule has 1 amide bonds. The molecule has 0 saturated carbocycles. The second-order valence-corrected chi connectivity index (χ2v) is 7.17. The van der Waals surface area contributed by atoms with E-state index >= 15 is 0 Å². The smallest absolute Gasteiger partial charge is 0.373 e. The molecule has 0 aliphatic carbocycles. The molecule has 26 heavy (non-hydrogen) atoms. The minimum Gasteiger partial charge on any atom is -0.373 e. The van der Waals surface area contributed by atoms with Crippen molar-refractivity contribution in [3.05, 3.63) is 54.2 Å². The standard InChI is InChI=1S/C16H16F3N3O3S/c1-22(12-6-3-2-4-7-12)11-10-20-14(23)13-8-5-9-21-15(13)26(24,25)16(17,18)19/h2-9H,10-11H2,1H3,(H,20,23). The molecule has 140 valence electrons. The molecular weight excluding hydrogens is 371 g/mol. The van der Waals surface area contributed by atoms with Gasteiger partial charge in [0.2, 0.25) is 0 Å². The van der Waals surface area contributed by atoms with Gasteiger partial charge in [0.15, 0.2) is 5.03 Å². The Bertz CT molecular complexity index is 871. The summed E-state index contributed by atoms with van der Waals surface area (Å²) in [7, 11) is -3.94. The molecule has 0 radical (unpaired) electrons. The molecule has 0 atom stereocenters. The van der Waals surface area contributed by atoms with E-state index in [4.69, 9.17) is 0 Å². The van der Waals surface area contributed by atoms with E-state index in [0.29, 0.717) is 6.54 Å². The first-order chi connectivity index (χ1) is 12.1. The highest BCUT2D eigenvalue weighted by atomic mass is 32.2. The van der Waals surface area contributed by atoms with Gasteiger partial charge >= 0.3 is 5.51 Å². The first kappa shape index (κ1) is 19.7. The molecule has 0 bridgehead atoms. The molecule has 0 spiro atoms. The summed E-state index contributed by atoms with van der Waals surface area (Å²) < 4.78 is 61.4. The number of benzene rings is 1. The predicted molar refractivity (Wildman–Crippen MR) is 89.5 cm³/mol. The molecule has 0 aliphatic rings. The van der Waals surface area contributed by atoms with E-state index in [2.05, 4.69) is 10.3 Å². The zero-order chi connectivity index (χ0) is 19.4. The average Bonchev–Trinajstić information content (AvgIpc) is 2.61. The summed E-state index contributed by atoms with van der Waals surface area (Å²) >= 11 is 0. The van der Waals surface area contributed by atoms with Crippen LogP contribution < -0.4 is 10.2 Å². The molecule has 1 aromatic carbocycles. The van der Waals surface area contributed by atoms with E-state index < -0.39 is 31.8 Å². The van der Waals surface area contributed by atoms with Crippen molar-refractivity contribution in [1.82, 2.24) is 10.3 Å². The molecule has 0 saturated heterocycles. The second kappa shape index (κ2) is 7.73. The van der Waals surface area contributed by atoms with Crippen molar-refractivity contribution in [2.45, 2.75) is 10.5 Å². The predicted octanol–water partition coefficient (Wildman–Crippen LogP) is 2.24. The summed E-state index contributed by atoms with van der Waals surface area (Å²) in [5.74, 6) is -0.942. The SMILES string of the molecule is CN(CCNC(=O)c1cccnc1S(=O)(=O)C(F)(F)F)c1ccccc1. The van der Waals surface area contributed by atoms with Crippen molar-refractivity contribution in [2.75, 3.05) is 25.0 Å². The number of likely N-dealkylation sites (N-methyl/N-ethyl adjacent to an activating group) is 1. The summed E-state index contributed by atoms with van der Waals surface area (Å²) in [5.41, 5.74) is -5.29. The number of halogens is 3. The van der Waals surface area contributed by atoms with Crippen molar-refractivity contribution in [1.29, 1.82) is 0 Å². The Kier molecular flexibility index (Phi) is 5.86. The number of carbonyl (C=O) groups excluding carboxylic acids is 1. The van der Waals surface area contributed by atoms with Gasteiger partial charge in [-0.1, -0.05) is 18.2 Å². The first-order valence-corrected chi connectivity index (χ1v) is 8.93. The summed E-state index contributed by atoms with van der Waals surface area (Å²) in [5, 5.41) is 1.11. The summed E-state index contributed by atoms with van der Waals surface area (Å²) in [6, 6.07) is 11.4. The van der Waals surface area contributed by atoms with Crippen LogP contribution in [0.5, 0.6) is 0 Å². The number of nitrogens with zero attached hydrogens (tertiary/aromatic N) is 2. The highest BCUT2D eigenvalue weighted by molar-refractivity contribution is 7.92. The zero-order valence-corrected chi connectivity index (χ0v) is 14.5. The Balaban J connectivity index is 2.09. The fraction of sp³-hybridized carbons (Fsp3) is 0.250. The lowest BCUT2D eigenvalue weighted by Crippen LogP contribution is -2.34. The lowest BCUT2D eigenvalue weighted by molar-refractivity contribution is -0.0438. The van der Waals surface area contributed by atoms with Crippen LogP contribution in [-0.2, 0) is 9.84 Å². The Labute approximate surface area is 148 Å². The average molecular weight is 387 g/mol. The zero-order valence-electron chi connectivity index (χ0n) is 13.7. The molecule has 0 unspecified atom stereocenters. The van der Waals surface area contributed by atoms with Gasteiger partial charge in [0, 0.05) is 32.0 Å². The van der Waals surface area contributed by atoms with Crippen molar-refractivity contribution >= 4 is 21.4 Å². The van der Waals surface area contributed by atoms with Crippen molar-refractivity contribution in [3.63, 3.8) is 0 Å². The van der Waals surface area contributed by atoms with Crippen LogP contribution >= 0.6 is 0 Å². The highest BCUT2D eigenvalue weighted by Crippen LogP contribution is 2.30. The van der Waals surface area contributed by atoms with Gasteiger partial charge in [-0.25, -0.2) is 13.4 Å². The van der Waals surface area contributed by atoms with Gasteiger partial charge in [-0.15, -0.1) is 0 Å². The normalized spacial score (nSPS) is 11.8. The Hall–Kier alpha value is -2.62. The van der Waals surface area contributed by atoms with Crippen LogP contribution in [0.25, 0.3) is 0 Å². The lowest BCUT2D eigenvalue weighted by Gasteiger charge is -2.19. The Morgan fingerprint density at radius 2 is 1.81 bits per heavy atom. The summed E-state index contributed by atoms with van der Waals surface area (Å²) in [6.45, 7) is 0.474. The van der Waals surface area contributed by atoms with E-state index in [1.165, 1.54) is 6.07 Å². The van der Waals surface area contributed by atoms with E-state index in [0.717, 1.165) is 18.0 Å². The fourth-order valence-corrected chi connectivity index (χ4v) is 3.00. The molecule has 6 nitrogen and oxygen atoms in total. The van der Waals surface area contributed by atoms with Crippen LogP contribution in [0.2, 0.25) is 0 Å². The number of nitrogens with one attached hydrogen (secondary N) is 1. The molecule has 2 aromatic rings. The maximum atomic E-state index is 12.7. The number of hydrogen-bond acceptors (Lipinski definition) is 5. The first-order valence-electron chi connectivity index (χ1n) is 7.45. The molecule has 1 heterocycles. The maximum absolute atomic E-state index is 12.7. The summed E-state index contributed by atoms with van der Waals surface area (Å²) in [4.78, 5) is 17.2. The molecule has 1 aromatic heterocycles. The number of amides is 1. The van der Waals surface area contributed by atoms with Crippen LogP contribution in [0, 0.1) is 0 Å². The molecular formula is C16H16F3N3O3S. The number of aromatic nitrogens is 1. The molecule has 0 aliphatic heterocycles. The van der Waals surface area contributed by atoms with E-state index in [1.807, 2.05) is 35.2 Å². The molecule has 1 N–H and O–H groups in total. The minimum absolute atomic E-state index is 0.102. The number of para-hydroxylation sites is 1. The number of anilines is 1. The third-order valence-electron chi connectivity index (χ3n) is 3.50. The summed E-state index contributed by atoms with van der Waals surface area (Å²) in [6.07, 6.45) is 0.887. The third kappa shape index (κ3) is 4.31. The van der Waals surface area contributed by atoms with E-state index in [-0.39, 0.29) is 6.54 Å². The number of pyridine rings is 1. The van der Waals surface area contributed by atoms with Gasteiger partial charge in [-0.05, 0) is 24.3 Å². The molecule has 0 fully saturated rings. The van der Waals surface area contributed by atoms with Gasteiger partial charge in [0.05, 0.1) is 5.56 Å². The highest BCUT2D eigenvalue weighted by Gasteiger charge is 2.49. The monoisotopic (exact) mass is 387 g/mol. The van der Waals surface area contributed by atoms with Gasteiger partial charge in [-0.3, -0.25) is 4.79 Å². The van der Waals surface area contributed by atoms with E-state index in [1.54, 1.807) is 7.05 Å². The van der Waals surface area contributed by atoms with Gasteiger partial charge in [0.1, 0.15) is 0 Å². The Morgan fingerprint density at radius 1 is 1.15 bits per heavy atom.